The molecule has 3 heterocycles. The van der Waals surface area contributed by atoms with E-state index in [1.807, 2.05) is 36.2 Å². The standard InChI is InChI=1S/C18H26N6O/c1-14(24-13-15(20-21-24)18(2,3)4)17(25)23-11-9-22(10-12-23)16-7-5-6-8-19-16/h5-8,13-14H,9-12H2,1-4H3. The van der Waals surface area contributed by atoms with Gasteiger partial charge in [0.25, 0.3) is 0 Å². The van der Waals surface area contributed by atoms with Gasteiger partial charge >= 0.3 is 0 Å². The van der Waals surface area contributed by atoms with Crippen LogP contribution in [0.2, 0.25) is 0 Å². The molecule has 1 unspecified atom stereocenters. The molecule has 25 heavy (non-hydrogen) atoms. The lowest BCUT2D eigenvalue weighted by molar-refractivity contribution is -0.134. The summed E-state index contributed by atoms with van der Waals surface area (Å²) in [5.74, 6) is 1.06. The lowest BCUT2D eigenvalue weighted by Gasteiger charge is -2.36. The van der Waals surface area contributed by atoms with Crippen molar-refractivity contribution in [2.75, 3.05) is 31.1 Å². The minimum atomic E-state index is -0.343. The van der Waals surface area contributed by atoms with Crippen LogP contribution in [-0.4, -0.2) is 57.0 Å². The molecular weight excluding hydrogens is 316 g/mol. The fourth-order valence-electron chi connectivity index (χ4n) is 2.88. The molecule has 0 spiro atoms. The summed E-state index contributed by atoms with van der Waals surface area (Å²) in [4.78, 5) is 21.3. The van der Waals surface area contributed by atoms with Gasteiger partial charge in [-0.25, -0.2) is 9.67 Å². The maximum atomic E-state index is 12.8. The van der Waals surface area contributed by atoms with Crippen molar-refractivity contribution in [3.8, 4) is 0 Å². The van der Waals surface area contributed by atoms with E-state index < -0.39 is 0 Å². The Morgan fingerprint density at radius 1 is 1.16 bits per heavy atom. The third kappa shape index (κ3) is 3.81. The fraction of sp³-hybridized carbons (Fsp3) is 0.556. The van der Waals surface area contributed by atoms with E-state index in [4.69, 9.17) is 0 Å². The molecule has 1 fully saturated rings. The summed E-state index contributed by atoms with van der Waals surface area (Å²) in [5, 5.41) is 8.37. The average Bonchev–Trinajstić information content (AvgIpc) is 3.12. The minimum absolute atomic E-state index is 0.0741. The molecule has 0 aromatic carbocycles. The second-order valence-corrected chi connectivity index (χ2v) is 7.51. The number of pyridine rings is 1. The maximum absolute atomic E-state index is 12.8. The normalized spacial score (nSPS) is 16.8. The Morgan fingerprint density at radius 3 is 2.44 bits per heavy atom. The second kappa shape index (κ2) is 6.82. The van der Waals surface area contributed by atoms with Crippen LogP contribution in [0.1, 0.15) is 39.4 Å². The fourth-order valence-corrected chi connectivity index (χ4v) is 2.88. The zero-order valence-corrected chi connectivity index (χ0v) is 15.4. The summed E-state index contributed by atoms with van der Waals surface area (Å²) in [6, 6.07) is 5.56. The molecule has 0 aliphatic carbocycles. The molecule has 7 nitrogen and oxygen atoms in total. The van der Waals surface area contributed by atoms with Crippen LogP contribution in [0.15, 0.2) is 30.6 Å². The van der Waals surface area contributed by atoms with Gasteiger partial charge in [0.2, 0.25) is 5.91 Å². The number of amides is 1. The van der Waals surface area contributed by atoms with Gasteiger partial charge in [0.05, 0.1) is 5.69 Å². The zero-order chi connectivity index (χ0) is 18.0. The van der Waals surface area contributed by atoms with Crippen LogP contribution in [0.3, 0.4) is 0 Å². The number of hydrogen-bond donors (Lipinski definition) is 0. The average molecular weight is 342 g/mol. The SMILES string of the molecule is CC(C(=O)N1CCN(c2ccccn2)CC1)n1cc(C(C)(C)C)nn1. The highest BCUT2D eigenvalue weighted by Crippen LogP contribution is 2.21. The minimum Gasteiger partial charge on any atom is -0.353 e. The van der Waals surface area contributed by atoms with E-state index >= 15 is 0 Å². The van der Waals surface area contributed by atoms with Crippen molar-refractivity contribution < 1.29 is 4.79 Å². The molecule has 0 bridgehead atoms. The van der Waals surface area contributed by atoms with Crippen LogP contribution < -0.4 is 4.90 Å². The smallest absolute Gasteiger partial charge is 0.247 e. The highest BCUT2D eigenvalue weighted by Gasteiger charge is 2.28. The van der Waals surface area contributed by atoms with Gasteiger partial charge in [-0.05, 0) is 19.1 Å². The molecule has 1 aliphatic heterocycles. The summed E-state index contributed by atoms with van der Waals surface area (Å²) in [6.07, 6.45) is 3.68. The summed E-state index contributed by atoms with van der Waals surface area (Å²) >= 11 is 0. The Morgan fingerprint density at radius 2 is 1.88 bits per heavy atom. The van der Waals surface area contributed by atoms with E-state index in [1.165, 1.54) is 0 Å². The first kappa shape index (κ1) is 17.4. The van der Waals surface area contributed by atoms with Crippen LogP contribution in [0.5, 0.6) is 0 Å². The Balaban J connectivity index is 1.61. The molecule has 134 valence electrons. The van der Waals surface area contributed by atoms with Crippen molar-refractivity contribution >= 4 is 11.7 Å². The molecule has 7 heteroatoms. The Bertz CT molecular complexity index is 713. The second-order valence-electron chi connectivity index (χ2n) is 7.51. The number of aromatic nitrogens is 4. The largest absolute Gasteiger partial charge is 0.353 e. The van der Waals surface area contributed by atoms with Gasteiger partial charge in [0.1, 0.15) is 11.9 Å². The Labute approximate surface area is 148 Å². The molecule has 2 aromatic rings. The van der Waals surface area contributed by atoms with Gasteiger partial charge in [-0.2, -0.15) is 0 Å². The predicted octanol–water partition coefficient (Wildman–Crippen LogP) is 1.88. The molecule has 2 aromatic heterocycles. The van der Waals surface area contributed by atoms with Crippen LogP contribution in [0, 0.1) is 0 Å². The Hall–Kier alpha value is -2.44. The summed E-state index contributed by atoms with van der Waals surface area (Å²) in [7, 11) is 0. The quantitative estimate of drug-likeness (QED) is 0.852. The van der Waals surface area contributed by atoms with Crippen molar-refractivity contribution in [2.45, 2.75) is 39.2 Å². The van der Waals surface area contributed by atoms with Crippen LogP contribution in [-0.2, 0) is 10.2 Å². The van der Waals surface area contributed by atoms with Crippen molar-refractivity contribution in [1.82, 2.24) is 24.9 Å². The van der Waals surface area contributed by atoms with E-state index in [1.54, 1.807) is 10.9 Å². The number of nitrogens with zero attached hydrogens (tertiary/aromatic N) is 6. The molecule has 1 atom stereocenters. The number of piperazine rings is 1. The first-order valence-electron chi connectivity index (χ1n) is 8.73. The molecule has 1 aliphatic rings. The number of rotatable bonds is 3. The molecule has 0 N–H and O–H groups in total. The summed E-state index contributed by atoms with van der Waals surface area (Å²) in [6.45, 7) is 11.1. The van der Waals surface area contributed by atoms with Crippen LogP contribution in [0.25, 0.3) is 0 Å². The third-order valence-electron chi connectivity index (χ3n) is 4.60. The van der Waals surface area contributed by atoms with Crippen molar-refractivity contribution in [2.24, 2.45) is 0 Å². The van der Waals surface area contributed by atoms with E-state index in [0.717, 1.165) is 24.6 Å². The topological polar surface area (TPSA) is 67.2 Å². The third-order valence-corrected chi connectivity index (χ3v) is 4.60. The summed E-state index contributed by atoms with van der Waals surface area (Å²) in [5.41, 5.74) is 0.821. The van der Waals surface area contributed by atoms with Gasteiger partial charge in [0.15, 0.2) is 0 Å². The van der Waals surface area contributed by atoms with E-state index in [2.05, 4.69) is 41.0 Å². The molecule has 0 saturated carbocycles. The Kier molecular flexibility index (Phi) is 4.74. The van der Waals surface area contributed by atoms with E-state index in [0.29, 0.717) is 13.1 Å². The molecule has 1 amide bonds. The summed E-state index contributed by atoms with van der Waals surface area (Å²) < 4.78 is 1.67. The molecule has 0 radical (unpaired) electrons. The lowest BCUT2D eigenvalue weighted by Crippen LogP contribution is -2.50. The van der Waals surface area contributed by atoms with Crippen LogP contribution in [0.4, 0.5) is 5.82 Å². The monoisotopic (exact) mass is 342 g/mol. The highest BCUT2D eigenvalue weighted by atomic mass is 16.2. The van der Waals surface area contributed by atoms with E-state index in [-0.39, 0.29) is 17.4 Å². The van der Waals surface area contributed by atoms with Gasteiger partial charge in [-0.1, -0.05) is 32.1 Å². The van der Waals surface area contributed by atoms with Crippen molar-refractivity contribution in [3.05, 3.63) is 36.3 Å². The predicted molar refractivity (Wildman–Crippen MR) is 96.5 cm³/mol. The van der Waals surface area contributed by atoms with Gasteiger partial charge in [-0.3, -0.25) is 4.79 Å². The van der Waals surface area contributed by atoms with E-state index in [9.17, 15) is 4.79 Å². The van der Waals surface area contributed by atoms with Gasteiger partial charge in [0, 0.05) is 44.0 Å². The maximum Gasteiger partial charge on any atom is 0.247 e. The number of carbonyl (C=O) groups is 1. The molecule has 1 saturated heterocycles. The van der Waals surface area contributed by atoms with Crippen molar-refractivity contribution in [3.63, 3.8) is 0 Å². The first-order chi connectivity index (χ1) is 11.9. The first-order valence-corrected chi connectivity index (χ1v) is 8.73. The number of hydrogen-bond acceptors (Lipinski definition) is 5. The highest BCUT2D eigenvalue weighted by molar-refractivity contribution is 5.80. The number of anilines is 1. The van der Waals surface area contributed by atoms with Crippen molar-refractivity contribution in [1.29, 1.82) is 0 Å². The lowest BCUT2D eigenvalue weighted by atomic mass is 9.93. The molecular formula is C18H26N6O. The van der Waals surface area contributed by atoms with Gasteiger partial charge in [-0.15, -0.1) is 5.10 Å². The zero-order valence-electron chi connectivity index (χ0n) is 15.4. The van der Waals surface area contributed by atoms with Gasteiger partial charge < -0.3 is 9.80 Å². The molecule has 3 rings (SSSR count). The van der Waals surface area contributed by atoms with Crippen LogP contribution >= 0.6 is 0 Å². The number of carbonyl (C=O) groups excluding carboxylic acids is 1.